The van der Waals surface area contributed by atoms with Crippen molar-refractivity contribution in [3.8, 4) is 11.5 Å². The maximum Gasteiger partial charge on any atom is 0.251 e. The van der Waals surface area contributed by atoms with Gasteiger partial charge in [0.1, 0.15) is 0 Å². The highest BCUT2D eigenvalue weighted by Crippen LogP contribution is 2.27. The first kappa shape index (κ1) is 23.3. The van der Waals surface area contributed by atoms with Crippen LogP contribution in [0.2, 0.25) is 0 Å². The zero-order valence-corrected chi connectivity index (χ0v) is 19.0. The van der Waals surface area contributed by atoms with Gasteiger partial charge in [-0.15, -0.1) is 0 Å². The number of sulfonamides is 1. The van der Waals surface area contributed by atoms with Crippen molar-refractivity contribution in [2.24, 2.45) is 0 Å². The second kappa shape index (κ2) is 10.3. The highest BCUT2D eigenvalue weighted by molar-refractivity contribution is 7.89. The number of amides is 1. The molecule has 3 aromatic rings. The average Bonchev–Trinajstić information content (AvgIpc) is 2.81. The summed E-state index contributed by atoms with van der Waals surface area (Å²) in [6, 6.07) is 19.2. The number of nitrogens with one attached hydrogen (secondary N) is 2. The van der Waals surface area contributed by atoms with Crippen molar-refractivity contribution in [3.63, 3.8) is 0 Å². The minimum absolute atomic E-state index is 0.0761. The number of carbonyl (C=O) groups excluding carboxylic acids is 1. The monoisotopic (exact) mass is 454 g/mol. The first-order valence-corrected chi connectivity index (χ1v) is 11.5. The van der Waals surface area contributed by atoms with Crippen LogP contribution >= 0.6 is 0 Å². The Hall–Kier alpha value is -3.36. The van der Waals surface area contributed by atoms with Gasteiger partial charge in [-0.2, -0.15) is 0 Å². The summed E-state index contributed by atoms with van der Waals surface area (Å²) in [7, 11) is -0.695. The molecule has 0 atom stereocenters. The molecule has 0 saturated carbocycles. The largest absolute Gasteiger partial charge is 0.493 e. The fourth-order valence-corrected chi connectivity index (χ4v) is 4.44. The third kappa shape index (κ3) is 5.66. The number of ether oxygens (including phenoxy) is 2. The van der Waals surface area contributed by atoms with Gasteiger partial charge >= 0.3 is 0 Å². The quantitative estimate of drug-likeness (QED) is 0.517. The second-order valence-corrected chi connectivity index (χ2v) is 8.90. The predicted octanol–water partition coefficient (Wildman–Crippen LogP) is 3.42. The Morgan fingerprint density at radius 2 is 1.56 bits per heavy atom. The Bertz CT molecular complexity index is 1190. The zero-order chi connectivity index (χ0) is 23.1. The molecule has 0 bridgehead atoms. The minimum Gasteiger partial charge on any atom is -0.493 e. The van der Waals surface area contributed by atoms with E-state index in [0.29, 0.717) is 17.1 Å². The summed E-state index contributed by atoms with van der Waals surface area (Å²) in [5.74, 6) is 0.783. The van der Waals surface area contributed by atoms with Crippen molar-refractivity contribution >= 4 is 15.9 Å². The maximum atomic E-state index is 12.8. The highest BCUT2D eigenvalue weighted by Gasteiger charge is 2.19. The molecule has 0 radical (unpaired) electrons. The first-order chi connectivity index (χ1) is 15.3. The lowest BCUT2D eigenvalue weighted by atomic mass is 10.1. The normalized spacial score (nSPS) is 11.1. The lowest BCUT2D eigenvalue weighted by Gasteiger charge is -2.12. The van der Waals surface area contributed by atoms with E-state index < -0.39 is 10.0 Å². The number of benzene rings is 3. The van der Waals surface area contributed by atoms with Gasteiger partial charge < -0.3 is 14.8 Å². The minimum atomic E-state index is -3.79. The van der Waals surface area contributed by atoms with E-state index in [1.54, 1.807) is 45.4 Å². The fraction of sp³-hybridized carbons (Fsp3) is 0.208. The maximum absolute atomic E-state index is 12.8. The summed E-state index contributed by atoms with van der Waals surface area (Å²) in [4.78, 5) is 12.8. The Kier molecular flexibility index (Phi) is 7.50. The van der Waals surface area contributed by atoms with Crippen LogP contribution in [0, 0.1) is 6.92 Å². The van der Waals surface area contributed by atoms with Crippen molar-refractivity contribution in [2.45, 2.75) is 24.9 Å². The van der Waals surface area contributed by atoms with E-state index in [1.165, 1.54) is 6.07 Å². The van der Waals surface area contributed by atoms with Gasteiger partial charge in [-0.3, -0.25) is 4.79 Å². The number of carbonyl (C=O) groups is 1. The molecule has 0 aliphatic heterocycles. The van der Waals surface area contributed by atoms with Gasteiger partial charge in [-0.05, 0) is 47.9 Å². The molecule has 0 aromatic heterocycles. The van der Waals surface area contributed by atoms with E-state index in [9.17, 15) is 13.2 Å². The molecule has 3 aromatic carbocycles. The molecule has 1 amide bonds. The number of rotatable bonds is 9. The summed E-state index contributed by atoms with van der Waals surface area (Å²) in [5.41, 5.74) is 2.48. The van der Waals surface area contributed by atoms with Crippen LogP contribution in [-0.2, 0) is 23.1 Å². The van der Waals surface area contributed by atoms with Crippen molar-refractivity contribution in [1.82, 2.24) is 10.0 Å². The van der Waals surface area contributed by atoms with Crippen molar-refractivity contribution < 1.29 is 22.7 Å². The first-order valence-electron chi connectivity index (χ1n) is 9.97. The van der Waals surface area contributed by atoms with Crippen LogP contribution in [-0.4, -0.2) is 28.5 Å². The van der Waals surface area contributed by atoms with E-state index in [1.807, 2.05) is 36.4 Å². The summed E-state index contributed by atoms with van der Waals surface area (Å²) >= 11 is 0. The van der Waals surface area contributed by atoms with Crippen molar-refractivity contribution in [2.75, 3.05) is 14.2 Å². The molecule has 0 unspecified atom stereocenters. The smallest absolute Gasteiger partial charge is 0.251 e. The van der Waals surface area contributed by atoms with E-state index in [4.69, 9.17) is 9.47 Å². The number of hydrogen-bond acceptors (Lipinski definition) is 5. The molecule has 0 heterocycles. The van der Waals surface area contributed by atoms with Gasteiger partial charge in [0.25, 0.3) is 5.91 Å². The topological polar surface area (TPSA) is 93.7 Å². The van der Waals surface area contributed by atoms with Gasteiger partial charge in [0.15, 0.2) is 11.5 Å². The Balaban J connectivity index is 1.72. The highest BCUT2D eigenvalue weighted by atomic mass is 32.2. The molecule has 0 saturated heterocycles. The molecular weight excluding hydrogens is 428 g/mol. The molecule has 7 nitrogen and oxygen atoms in total. The molecule has 0 aliphatic carbocycles. The number of hydrogen-bond donors (Lipinski definition) is 2. The Labute approximate surface area is 188 Å². The van der Waals surface area contributed by atoms with Crippen LogP contribution in [0.25, 0.3) is 0 Å². The van der Waals surface area contributed by atoms with Crippen molar-refractivity contribution in [1.29, 1.82) is 0 Å². The lowest BCUT2D eigenvalue weighted by Crippen LogP contribution is -2.26. The Morgan fingerprint density at radius 3 is 2.25 bits per heavy atom. The van der Waals surface area contributed by atoms with Crippen LogP contribution in [0.15, 0.2) is 71.6 Å². The third-order valence-corrected chi connectivity index (χ3v) is 6.49. The van der Waals surface area contributed by atoms with Crippen LogP contribution in [0.5, 0.6) is 11.5 Å². The predicted molar refractivity (Wildman–Crippen MR) is 122 cm³/mol. The van der Waals surface area contributed by atoms with Gasteiger partial charge in [-0.25, -0.2) is 13.1 Å². The molecule has 8 heteroatoms. The molecule has 168 valence electrons. The van der Waals surface area contributed by atoms with E-state index in [0.717, 1.165) is 11.1 Å². The lowest BCUT2D eigenvalue weighted by molar-refractivity contribution is 0.0950. The zero-order valence-electron chi connectivity index (χ0n) is 18.2. The SMILES string of the molecule is COc1ccc(CNC(=O)c2ccc(C)c(S(=O)(=O)NCc3ccccc3)c2)cc1OC. The van der Waals surface area contributed by atoms with Crippen LogP contribution in [0.1, 0.15) is 27.0 Å². The number of aryl methyl sites for hydroxylation is 1. The van der Waals surface area contributed by atoms with Crippen molar-refractivity contribution in [3.05, 3.63) is 89.0 Å². The van der Waals surface area contributed by atoms with E-state index in [2.05, 4.69) is 10.0 Å². The van der Waals surface area contributed by atoms with E-state index in [-0.39, 0.29) is 29.5 Å². The van der Waals surface area contributed by atoms with E-state index >= 15 is 0 Å². The van der Waals surface area contributed by atoms with Crippen LogP contribution < -0.4 is 19.5 Å². The molecule has 0 spiro atoms. The number of methoxy groups -OCH3 is 2. The Morgan fingerprint density at radius 1 is 0.844 bits per heavy atom. The van der Waals surface area contributed by atoms with Gasteiger partial charge in [0.2, 0.25) is 10.0 Å². The molecular formula is C24H26N2O5S. The average molecular weight is 455 g/mol. The molecule has 2 N–H and O–H groups in total. The van der Waals surface area contributed by atoms with Gasteiger partial charge in [0.05, 0.1) is 19.1 Å². The standard InChI is InChI=1S/C24H26N2O5S/c1-17-9-11-20(14-23(17)32(28,29)26-16-18-7-5-4-6-8-18)24(27)25-15-19-10-12-21(30-2)22(13-19)31-3/h4-14,26H,15-16H2,1-3H3,(H,25,27). The van der Waals surface area contributed by atoms with Gasteiger partial charge in [0, 0.05) is 18.7 Å². The molecule has 3 rings (SSSR count). The third-order valence-electron chi connectivity index (χ3n) is 4.95. The molecule has 32 heavy (non-hydrogen) atoms. The molecule has 0 aliphatic rings. The molecule has 0 fully saturated rings. The van der Waals surface area contributed by atoms with Crippen LogP contribution in [0.3, 0.4) is 0 Å². The summed E-state index contributed by atoms with van der Waals surface area (Å²) < 4.78 is 38.8. The summed E-state index contributed by atoms with van der Waals surface area (Å²) in [5, 5.41) is 2.81. The van der Waals surface area contributed by atoms with Crippen LogP contribution in [0.4, 0.5) is 0 Å². The second-order valence-electron chi connectivity index (χ2n) is 7.16. The van der Waals surface area contributed by atoms with Gasteiger partial charge in [-0.1, -0.05) is 42.5 Å². The summed E-state index contributed by atoms with van der Waals surface area (Å²) in [6.07, 6.45) is 0. The summed E-state index contributed by atoms with van der Waals surface area (Å²) in [6.45, 7) is 2.11. The fourth-order valence-electron chi connectivity index (χ4n) is 3.16.